The van der Waals surface area contributed by atoms with Crippen LogP contribution in [0.2, 0.25) is 0 Å². The van der Waals surface area contributed by atoms with E-state index in [0.29, 0.717) is 65.0 Å². The largest absolute Gasteiger partial charge is 0.489 e. The van der Waals surface area contributed by atoms with Crippen LogP contribution in [0, 0.1) is 0 Å². The molecule has 0 aromatic heterocycles. The van der Waals surface area contributed by atoms with E-state index in [9.17, 15) is 0 Å². The number of hydrogen-bond donors (Lipinski definition) is 0. The molecule has 0 saturated heterocycles. The van der Waals surface area contributed by atoms with Gasteiger partial charge in [-0.05, 0) is 149 Å². The molecule has 2 aliphatic rings. The lowest BCUT2D eigenvalue weighted by atomic mass is 9.79. The van der Waals surface area contributed by atoms with Crippen molar-refractivity contribution in [2.75, 3.05) is 26.4 Å². The normalized spacial score (nSPS) is 13.9. The van der Waals surface area contributed by atoms with Crippen molar-refractivity contribution in [3.05, 3.63) is 257 Å². The highest BCUT2D eigenvalue weighted by Gasteiger charge is 2.32. The molecule has 9 rings (SSSR count). The van der Waals surface area contributed by atoms with E-state index in [-0.39, 0.29) is 45.7 Å². The molecule has 0 unspecified atom stereocenters. The minimum atomic E-state index is -0.251. The van der Waals surface area contributed by atoms with Gasteiger partial charge in [0.15, 0.2) is 0 Å². The average Bonchev–Trinajstić information content (AvgIpc) is 0.827. The van der Waals surface area contributed by atoms with Gasteiger partial charge in [0, 0.05) is 54.1 Å². The first-order valence-electron chi connectivity index (χ1n) is 33.5. The summed E-state index contributed by atoms with van der Waals surface area (Å²) < 4.78 is 44.7. The number of hydrogen-bond acceptors (Lipinski definition) is 6. The second kappa shape index (κ2) is 27.6. The van der Waals surface area contributed by atoms with Crippen LogP contribution in [0.4, 0.5) is 0 Å². The monoisotopic (exact) mass is 1310 g/mol. The lowest BCUT2D eigenvalue weighted by Gasteiger charge is -2.29. The van der Waals surface area contributed by atoms with Gasteiger partial charge in [0.25, 0.3) is 0 Å². The first kappa shape index (κ1) is 70.1. The van der Waals surface area contributed by atoms with Crippen LogP contribution in [-0.2, 0) is 84.2 Å². The highest BCUT2D eigenvalue weighted by atomic mass is 79.9. The summed E-state index contributed by atoms with van der Waals surface area (Å²) in [6, 6.07) is 35.0. The molecule has 93 heavy (non-hydrogen) atoms. The molecule has 6 nitrogen and oxygen atoms in total. The van der Waals surface area contributed by atoms with Crippen LogP contribution in [0.5, 0.6) is 34.5 Å². The maximum atomic E-state index is 7.62. The molecule has 0 amide bonds. The SMILES string of the molecule is C=CCOc1c2cc(C(C)(C)C)cc1Cc1cc(C(C)(C)C)cc3c1OCc1cccc(c1Br)COc1c(cc(C(C)(C)C)cc1Cc1cc(C(C)(C)C)cc(c1OCC=C)Cc1cc(C(C)(C)C)cc(c1OCC=C)C3)Cc1cc(C(C)(C)C)cc(c1OCC=C)C2. The molecule has 0 saturated carbocycles. The quantitative estimate of drug-likeness (QED) is 0.114. The Balaban J connectivity index is 1.54. The lowest BCUT2D eigenvalue weighted by Crippen LogP contribution is -2.18. The summed E-state index contributed by atoms with van der Waals surface area (Å²) in [5.41, 5.74) is 20.6. The van der Waals surface area contributed by atoms with Crippen molar-refractivity contribution in [3.63, 3.8) is 0 Å². The van der Waals surface area contributed by atoms with Gasteiger partial charge >= 0.3 is 0 Å². The van der Waals surface area contributed by atoms with Crippen molar-refractivity contribution in [1.29, 1.82) is 0 Å². The van der Waals surface area contributed by atoms with Gasteiger partial charge in [-0.2, -0.15) is 0 Å². The molecule has 0 atom stereocenters. The van der Waals surface area contributed by atoms with E-state index in [0.717, 1.165) is 117 Å². The zero-order valence-electron chi connectivity index (χ0n) is 59.6. The van der Waals surface area contributed by atoms with E-state index in [1.165, 1.54) is 33.4 Å². The van der Waals surface area contributed by atoms with Crippen molar-refractivity contribution < 1.29 is 28.4 Å². The van der Waals surface area contributed by atoms with Gasteiger partial charge in [-0.1, -0.05) is 266 Å². The summed E-state index contributed by atoms with van der Waals surface area (Å²) in [6.45, 7) is 60.2. The van der Waals surface area contributed by atoms with Crippen LogP contribution >= 0.6 is 15.9 Å². The van der Waals surface area contributed by atoms with Gasteiger partial charge in [-0.25, -0.2) is 0 Å². The van der Waals surface area contributed by atoms with Crippen LogP contribution in [0.15, 0.2) is 146 Å². The summed E-state index contributed by atoms with van der Waals surface area (Å²) >= 11 is 4.20. The Labute approximate surface area is 568 Å². The molecule has 0 spiro atoms. The van der Waals surface area contributed by atoms with Crippen LogP contribution < -0.4 is 28.4 Å². The third kappa shape index (κ3) is 16.3. The van der Waals surface area contributed by atoms with Crippen LogP contribution in [0.3, 0.4) is 0 Å². The summed E-state index contributed by atoms with van der Waals surface area (Å²) in [4.78, 5) is 0. The topological polar surface area (TPSA) is 55.4 Å². The predicted molar refractivity (Wildman–Crippen MR) is 393 cm³/mol. The molecule has 7 aromatic rings. The fraction of sp³-hybridized carbons (Fsp3) is 0.419. The van der Waals surface area contributed by atoms with Crippen LogP contribution in [-0.4, -0.2) is 26.4 Å². The van der Waals surface area contributed by atoms with Gasteiger partial charge < -0.3 is 28.4 Å². The second-order valence-corrected chi connectivity index (χ2v) is 33.0. The standard InChI is InChI=1S/C86H105BrO6/c1-23-30-88-75-56-34-57-41-69(82(8,9)10)45-61(76(57)89-31-24-2)37-66-50-73(86(20,21)22)51-67-39-63-47-71(84(14,15)16)43-59(78(63)91-33-26-4)35-58-42-70(83(11,12)13)46-62(77(58)90-32-25-3)38-65-49-72(85(17,18)19)48-64(36-60(75)44-68(40-56)81(5,6)7)79(65)92-52-54-28-27-29-55(74(54)87)53-93-80(66)67/h23-29,40-51H,1-4,30-39,52-53H2,5-22H3. The zero-order chi connectivity index (χ0) is 67.8. The van der Waals surface area contributed by atoms with Gasteiger partial charge in [-0.3, -0.25) is 0 Å². The summed E-state index contributed by atoms with van der Waals surface area (Å²) in [7, 11) is 0. The molecular formula is C86H105BrO6. The van der Waals surface area contributed by atoms with Gasteiger partial charge in [0.05, 0.1) is 0 Å². The number of fused-ring (bicyclic) bond motifs is 10. The maximum absolute atomic E-state index is 7.62. The predicted octanol–water partition coefficient (Wildman–Crippen LogP) is 21.8. The minimum absolute atomic E-state index is 0.233. The average molecular weight is 1310 g/mol. The number of ether oxygens (including phenoxy) is 6. The smallest absolute Gasteiger partial charge is 0.126 e. The minimum Gasteiger partial charge on any atom is -0.489 e. The van der Waals surface area contributed by atoms with Crippen molar-refractivity contribution in [1.82, 2.24) is 0 Å². The van der Waals surface area contributed by atoms with E-state index in [1.54, 1.807) is 0 Å². The summed E-state index contributed by atoms with van der Waals surface area (Å²) in [5.74, 6) is 5.00. The third-order valence-electron chi connectivity index (χ3n) is 18.2. The highest BCUT2D eigenvalue weighted by molar-refractivity contribution is 9.10. The Morgan fingerprint density at radius 1 is 0.312 bits per heavy atom. The molecule has 0 fully saturated rings. The maximum Gasteiger partial charge on any atom is 0.126 e. The first-order chi connectivity index (χ1) is 43.6. The second-order valence-electron chi connectivity index (χ2n) is 32.2. The molecule has 0 aliphatic carbocycles. The van der Waals surface area contributed by atoms with Crippen LogP contribution in [0.25, 0.3) is 0 Å². The highest BCUT2D eigenvalue weighted by Crippen LogP contribution is 2.47. The van der Waals surface area contributed by atoms with E-state index in [2.05, 4.69) is 258 Å². The molecular weight excluding hydrogens is 1210 g/mol. The molecule has 0 radical (unpaired) electrons. The Morgan fingerprint density at radius 3 is 0.677 bits per heavy atom. The van der Waals surface area contributed by atoms with Gasteiger partial charge in [-0.15, -0.1) is 0 Å². The van der Waals surface area contributed by atoms with Crippen molar-refractivity contribution in [2.45, 2.75) is 209 Å². The Bertz CT molecular complexity index is 3500. The molecule has 2 heterocycles. The van der Waals surface area contributed by atoms with E-state index in [4.69, 9.17) is 28.4 Å². The lowest BCUT2D eigenvalue weighted by molar-refractivity contribution is 0.292. The fourth-order valence-corrected chi connectivity index (χ4v) is 13.3. The van der Waals surface area contributed by atoms with E-state index < -0.39 is 0 Å². The number of benzene rings is 7. The van der Waals surface area contributed by atoms with Crippen LogP contribution in [0.1, 0.15) is 236 Å². The number of halogens is 1. The first-order valence-corrected chi connectivity index (χ1v) is 34.3. The van der Waals surface area contributed by atoms with Crippen molar-refractivity contribution >= 4 is 15.9 Å². The van der Waals surface area contributed by atoms with E-state index in [1.807, 2.05) is 24.3 Å². The van der Waals surface area contributed by atoms with Crippen molar-refractivity contribution in [3.8, 4) is 34.5 Å². The zero-order valence-corrected chi connectivity index (χ0v) is 61.2. The van der Waals surface area contributed by atoms with E-state index >= 15 is 0 Å². The van der Waals surface area contributed by atoms with Gasteiger partial charge in [0.1, 0.15) is 74.1 Å². The Hall–Kier alpha value is -7.22. The molecule has 2 aliphatic heterocycles. The number of rotatable bonds is 12. The Kier molecular flexibility index (Phi) is 20.8. The molecule has 492 valence electrons. The molecule has 7 heteroatoms. The fourth-order valence-electron chi connectivity index (χ4n) is 12.8. The summed E-state index contributed by atoms with van der Waals surface area (Å²) in [5, 5.41) is 0. The van der Waals surface area contributed by atoms with Crippen molar-refractivity contribution in [2.24, 2.45) is 0 Å². The third-order valence-corrected chi connectivity index (χ3v) is 19.2. The van der Waals surface area contributed by atoms with Gasteiger partial charge in [0.2, 0.25) is 0 Å². The molecule has 0 N–H and O–H groups in total. The molecule has 7 aromatic carbocycles. The summed E-state index contributed by atoms with van der Waals surface area (Å²) in [6.07, 6.45) is 10.5. The Morgan fingerprint density at radius 2 is 0.495 bits per heavy atom. The molecule has 12 bridgehead atoms.